The van der Waals surface area contributed by atoms with E-state index in [0.29, 0.717) is 0 Å². The third kappa shape index (κ3) is 1510. The zero-order valence-electron chi connectivity index (χ0n) is 2.08. The maximum Gasteiger partial charge on any atom is 0.558 e. The fraction of sp³-hybridized carbons (Fsp3) is 0. The second-order valence-electron chi connectivity index (χ2n) is 0.447. The van der Waals surface area contributed by atoms with E-state index in [2.05, 4.69) is 0 Å². The number of hydrogen-bond donors (Lipinski definition) is 0. The van der Waals surface area contributed by atoms with Crippen molar-refractivity contribution in [1.82, 2.24) is 0 Å². The van der Waals surface area contributed by atoms with Gasteiger partial charge >= 0.3 is 7.82 Å². The second-order valence-corrected chi connectivity index (χ2v) is 1.34. The van der Waals surface area contributed by atoms with Gasteiger partial charge in [0.15, 0.2) is 0 Å². The molecule has 0 amide bonds. The van der Waals surface area contributed by atoms with Crippen LogP contribution in [0.25, 0.3) is 0 Å². The minimum atomic E-state index is -5.39. The first kappa shape index (κ1) is 5.11. The molecular weight excluding hydrogens is 95.0 g/mol. The van der Waals surface area contributed by atoms with Crippen LogP contribution in [0.4, 0.5) is 0 Å². The Bertz CT molecular complexity index is 49.8. The summed E-state index contributed by atoms with van der Waals surface area (Å²) in [5.41, 5.74) is 0. The summed E-state index contributed by atoms with van der Waals surface area (Å²) in [5, 5.41) is 0. The highest BCUT2D eigenvalue weighted by molar-refractivity contribution is 7.44. The smallest absolute Gasteiger partial charge is 0.220 e. The van der Waals surface area contributed by atoms with Gasteiger partial charge in [-0.1, -0.05) is 0 Å². The quantitative estimate of drug-likeness (QED) is 0.400. The Morgan fingerprint density at radius 2 is 1.00 bits per heavy atom. The Morgan fingerprint density at radius 1 is 1.00 bits per heavy atom. The minimum Gasteiger partial charge on any atom is -0.220 e. The van der Waals surface area contributed by atoms with Crippen LogP contribution in [0.1, 0.15) is 0 Å². The van der Waals surface area contributed by atoms with E-state index >= 15 is 0 Å². The lowest BCUT2D eigenvalue weighted by Gasteiger charge is -1.69. The maximum absolute atomic E-state index is 8.55. The summed E-state index contributed by atoms with van der Waals surface area (Å²) in [7, 11) is -5.39. The summed E-state index contributed by atoms with van der Waals surface area (Å²) >= 11 is 0. The van der Waals surface area contributed by atoms with Gasteiger partial charge in [0.05, 0.1) is 0 Å². The molecule has 5 heteroatoms. The van der Waals surface area contributed by atoms with Crippen molar-refractivity contribution in [2.75, 3.05) is 0 Å². The molecule has 0 bridgehead atoms. The van der Waals surface area contributed by atoms with E-state index in [4.69, 9.17) is 19.2 Å². The van der Waals surface area contributed by atoms with Crippen LogP contribution in [0.2, 0.25) is 0 Å². The standard InChI is InChI=1S/O4P/c1-5(2,3)4. The molecule has 0 aromatic carbocycles. The van der Waals surface area contributed by atoms with Crippen LogP contribution >= 0.6 is 7.82 Å². The fourth-order valence-corrected chi connectivity index (χ4v) is 0. The third-order valence-electron chi connectivity index (χ3n) is 0. The van der Waals surface area contributed by atoms with Crippen molar-refractivity contribution in [2.24, 2.45) is 0 Å². The van der Waals surface area contributed by atoms with E-state index in [0.717, 1.165) is 0 Å². The van der Waals surface area contributed by atoms with E-state index in [1.165, 1.54) is 0 Å². The third-order valence-corrected chi connectivity index (χ3v) is 0. The van der Waals surface area contributed by atoms with Gasteiger partial charge in [-0.3, -0.25) is 0 Å². The summed E-state index contributed by atoms with van der Waals surface area (Å²) in [6.45, 7) is 0. The first-order valence-electron chi connectivity index (χ1n) is 0.730. The normalized spacial score (nSPS) is 11.8. The molecule has 0 N–H and O–H groups in total. The molecule has 5 heavy (non-hydrogen) atoms. The first-order chi connectivity index (χ1) is 2.00. The average Bonchev–Trinajstić information content (AvgIpc) is 0.722. The molecule has 0 atom stereocenters. The zero-order valence-corrected chi connectivity index (χ0v) is 2.97. The van der Waals surface area contributed by atoms with Crippen molar-refractivity contribution in [3.05, 3.63) is 0 Å². The van der Waals surface area contributed by atoms with E-state index < -0.39 is 7.82 Å². The molecule has 0 saturated heterocycles. The van der Waals surface area contributed by atoms with Gasteiger partial charge in [-0.15, -0.1) is 14.7 Å². The van der Waals surface area contributed by atoms with E-state index in [-0.39, 0.29) is 0 Å². The average molecular weight is 95.0 g/mol. The fourth-order valence-electron chi connectivity index (χ4n) is 0. The zero-order chi connectivity index (χ0) is 4.50. The van der Waals surface area contributed by atoms with Gasteiger partial charge in [0.25, 0.3) is 0 Å². The van der Waals surface area contributed by atoms with Crippen molar-refractivity contribution in [3.8, 4) is 0 Å². The molecule has 0 saturated carbocycles. The van der Waals surface area contributed by atoms with Crippen molar-refractivity contribution < 1.29 is 19.2 Å². The lowest BCUT2D eigenvalue weighted by atomic mass is 15.8. The second kappa shape index (κ2) is 1.06. The summed E-state index contributed by atoms with van der Waals surface area (Å²) in [6, 6.07) is 0. The van der Waals surface area contributed by atoms with Crippen molar-refractivity contribution in [3.63, 3.8) is 0 Å². The van der Waals surface area contributed by atoms with Crippen LogP contribution < -0.4 is 0 Å². The molecule has 29 valence electrons. The molecule has 0 aliphatic rings. The highest BCUT2D eigenvalue weighted by Gasteiger charge is 2.12. The predicted octanol–water partition coefficient (Wildman–Crippen LogP) is 0.386. The number of hydrogen-bond acceptors (Lipinski definition) is 1. The van der Waals surface area contributed by atoms with Crippen LogP contribution in [-0.2, 0) is 19.2 Å². The summed E-state index contributed by atoms with van der Waals surface area (Å²) in [6.07, 6.45) is 0. The van der Waals surface area contributed by atoms with Gasteiger partial charge in [-0.2, -0.15) is 0 Å². The van der Waals surface area contributed by atoms with Crippen molar-refractivity contribution >= 4 is 7.82 Å². The molecule has 0 fully saturated rings. The van der Waals surface area contributed by atoms with Gasteiger partial charge in [0.1, 0.15) is 0 Å². The van der Waals surface area contributed by atoms with Crippen LogP contribution in [-0.4, -0.2) is 0 Å². The largest absolute Gasteiger partial charge is 0.558 e. The van der Waals surface area contributed by atoms with Gasteiger partial charge < -0.3 is 0 Å². The molecule has 0 heterocycles. The molecule has 3 radical (unpaired) electrons. The monoisotopic (exact) mass is 95.0 g/mol. The van der Waals surface area contributed by atoms with Gasteiger partial charge in [0.2, 0.25) is 0 Å². The summed E-state index contributed by atoms with van der Waals surface area (Å²) in [5.74, 6) is 0. The predicted molar refractivity (Wildman–Crippen MR) is 9.67 cm³/mol. The molecule has 0 rings (SSSR count). The minimum absolute atomic E-state index is 5.39. The molecular formula is O4P. The van der Waals surface area contributed by atoms with Crippen LogP contribution in [0.15, 0.2) is 0 Å². The van der Waals surface area contributed by atoms with Crippen LogP contribution in [0.3, 0.4) is 0 Å². The summed E-state index contributed by atoms with van der Waals surface area (Å²) in [4.78, 5) is 25.6. The molecule has 0 aromatic rings. The van der Waals surface area contributed by atoms with E-state index in [1.807, 2.05) is 0 Å². The lowest BCUT2D eigenvalue weighted by molar-refractivity contribution is 0.171. The Hall–Kier alpha value is 0.110. The Kier molecular flexibility index (Phi) is 1.09. The molecule has 4 nitrogen and oxygen atoms in total. The molecule has 0 aromatic heterocycles. The maximum atomic E-state index is 8.55. The highest BCUT2D eigenvalue weighted by atomic mass is 31.2. The molecule has 0 aliphatic heterocycles. The van der Waals surface area contributed by atoms with Gasteiger partial charge in [-0.25, -0.2) is 4.57 Å². The van der Waals surface area contributed by atoms with Crippen LogP contribution in [0.5, 0.6) is 0 Å². The van der Waals surface area contributed by atoms with E-state index in [9.17, 15) is 0 Å². The Balaban J connectivity index is 3.47. The first-order valence-corrected chi connectivity index (χ1v) is 2.19. The Morgan fingerprint density at radius 3 is 1.00 bits per heavy atom. The molecule has 0 aliphatic carbocycles. The summed E-state index contributed by atoms with van der Waals surface area (Å²) < 4.78 is 8.55. The lowest BCUT2D eigenvalue weighted by Crippen LogP contribution is -1.56. The van der Waals surface area contributed by atoms with Gasteiger partial charge in [0, 0.05) is 0 Å². The molecule has 0 unspecified atom stereocenters. The Labute approximate surface area is 28.3 Å². The molecule has 0 spiro atoms. The highest BCUT2D eigenvalue weighted by Crippen LogP contribution is 2.31. The van der Waals surface area contributed by atoms with E-state index in [1.54, 1.807) is 0 Å². The van der Waals surface area contributed by atoms with Crippen molar-refractivity contribution in [2.45, 2.75) is 0 Å². The SMILES string of the molecule is [O]P([O])([O])=O. The topological polar surface area (TPSA) is 76.8 Å². The number of rotatable bonds is 0. The van der Waals surface area contributed by atoms with Crippen LogP contribution in [0, 0.1) is 0 Å². The van der Waals surface area contributed by atoms with Gasteiger partial charge in [-0.05, 0) is 0 Å². The van der Waals surface area contributed by atoms with Crippen molar-refractivity contribution in [1.29, 1.82) is 0 Å².